The van der Waals surface area contributed by atoms with Crippen LogP contribution in [0.4, 0.5) is 13.2 Å². The van der Waals surface area contributed by atoms with Crippen molar-refractivity contribution in [1.82, 2.24) is 10.6 Å². The van der Waals surface area contributed by atoms with E-state index in [2.05, 4.69) is 10.6 Å². The quantitative estimate of drug-likeness (QED) is 0.220. The molecular formula is C29H23F3N2O5S. The van der Waals surface area contributed by atoms with Crippen LogP contribution in [0.2, 0.25) is 0 Å². The van der Waals surface area contributed by atoms with E-state index in [4.69, 9.17) is 4.74 Å². The summed E-state index contributed by atoms with van der Waals surface area (Å²) >= 11 is 1.19. The monoisotopic (exact) mass is 568 g/mol. The third kappa shape index (κ3) is 7.55. The van der Waals surface area contributed by atoms with Gasteiger partial charge in [-0.2, -0.15) is 13.2 Å². The Kier molecular flexibility index (Phi) is 8.97. The number of hydrogen-bond acceptors (Lipinski definition) is 5. The number of carboxylic acid groups (broad SMARTS) is 1. The highest BCUT2D eigenvalue weighted by atomic mass is 32.1. The van der Waals surface area contributed by atoms with Gasteiger partial charge in [-0.3, -0.25) is 9.59 Å². The number of carbonyl (C=O) groups excluding carboxylic acids is 2. The molecule has 1 aromatic heterocycles. The highest BCUT2D eigenvalue weighted by Crippen LogP contribution is 2.29. The lowest BCUT2D eigenvalue weighted by Gasteiger charge is -2.17. The van der Waals surface area contributed by atoms with Crippen LogP contribution in [0, 0.1) is 0 Å². The van der Waals surface area contributed by atoms with Crippen LogP contribution in [-0.2, 0) is 27.1 Å². The van der Waals surface area contributed by atoms with Crippen LogP contribution in [0.3, 0.4) is 0 Å². The molecule has 4 rings (SSSR count). The Labute approximate surface area is 230 Å². The maximum Gasteiger partial charge on any atom is 0.416 e. The summed E-state index contributed by atoms with van der Waals surface area (Å²) in [4.78, 5) is 38.3. The van der Waals surface area contributed by atoms with E-state index in [1.165, 1.54) is 17.4 Å². The number of carbonyl (C=O) groups is 3. The lowest BCUT2D eigenvalue weighted by molar-refractivity contribution is -0.143. The first-order valence-electron chi connectivity index (χ1n) is 11.9. The van der Waals surface area contributed by atoms with Crippen molar-refractivity contribution in [3.05, 3.63) is 112 Å². The number of fused-ring (bicyclic) bond motifs is 1. The van der Waals surface area contributed by atoms with Gasteiger partial charge in [-0.15, -0.1) is 11.3 Å². The Morgan fingerprint density at radius 1 is 0.950 bits per heavy atom. The van der Waals surface area contributed by atoms with Crippen molar-refractivity contribution in [3.63, 3.8) is 0 Å². The molecule has 40 heavy (non-hydrogen) atoms. The second kappa shape index (κ2) is 12.6. The molecule has 4 aromatic rings. The zero-order chi connectivity index (χ0) is 28.7. The van der Waals surface area contributed by atoms with Crippen LogP contribution < -0.4 is 10.6 Å². The third-order valence-corrected chi connectivity index (χ3v) is 6.81. The van der Waals surface area contributed by atoms with E-state index in [0.29, 0.717) is 0 Å². The van der Waals surface area contributed by atoms with Crippen molar-refractivity contribution in [2.75, 3.05) is 6.61 Å². The summed E-state index contributed by atoms with van der Waals surface area (Å²) in [5.74, 6) is -2.96. The smallest absolute Gasteiger partial charge is 0.416 e. The number of aliphatic carboxylic acids is 1. The summed E-state index contributed by atoms with van der Waals surface area (Å²) in [5.41, 5.74) is -0.249. The van der Waals surface area contributed by atoms with Gasteiger partial charge in [0, 0.05) is 4.70 Å². The molecule has 0 saturated heterocycles. The molecule has 3 N–H and O–H groups in total. The Bertz CT molecular complexity index is 1500. The van der Waals surface area contributed by atoms with Gasteiger partial charge in [0.25, 0.3) is 11.8 Å². The predicted octanol–water partition coefficient (Wildman–Crippen LogP) is 5.48. The molecule has 0 aliphatic rings. The van der Waals surface area contributed by atoms with Crippen molar-refractivity contribution in [1.29, 1.82) is 0 Å². The summed E-state index contributed by atoms with van der Waals surface area (Å²) < 4.78 is 45.3. The number of hydrogen-bond donors (Lipinski definition) is 3. The number of rotatable bonds is 10. The van der Waals surface area contributed by atoms with Gasteiger partial charge in [-0.1, -0.05) is 60.7 Å². The molecule has 1 heterocycles. The fourth-order valence-electron chi connectivity index (χ4n) is 3.65. The second-order valence-electron chi connectivity index (χ2n) is 8.65. The number of amides is 2. The molecule has 3 aromatic carbocycles. The van der Waals surface area contributed by atoms with E-state index < -0.39 is 35.6 Å². The Morgan fingerprint density at radius 3 is 2.27 bits per heavy atom. The summed E-state index contributed by atoms with van der Waals surface area (Å²) in [6.45, 7) is -0.259. The molecule has 0 bridgehead atoms. The van der Waals surface area contributed by atoms with Gasteiger partial charge < -0.3 is 20.5 Å². The summed E-state index contributed by atoms with van der Waals surface area (Å²) in [6.07, 6.45) is -3.38. The van der Waals surface area contributed by atoms with Crippen LogP contribution in [0.1, 0.15) is 26.4 Å². The number of nitrogens with one attached hydrogen (secondary N) is 2. The van der Waals surface area contributed by atoms with Gasteiger partial charge in [0.05, 0.1) is 23.7 Å². The topological polar surface area (TPSA) is 105 Å². The van der Waals surface area contributed by atoms with Crippen molar-refractivity contribution in [3.8, 4) is 0 Å². The Hall–Kier alpha value is -4.48. The van der Waals surface area contributed by atoms with Gasteiger partial charge in [0.15, 0.2) is 6.04 Å². The average Bonchev–Trinajstić information content (AvgIpc) is 3.37. The molecule has 0 fully saturated rings. The van der Waals surface area contributed by atoms with Crippen LogP contribution in [0.5, 0.6) is 0 Å². The second-order valence-corrected chi connectivity index (χ2v) is 9.73. The number of benzene rings is 3. The molecule has 1 atom stereocenters. The molecule has 2 amide bonds. The minimum atomic E-state index is -4.55. The fraction of sp³-hybridized carbons (Fsp3) is 0.138. The number of ether oxygens (including phenoxy) is 1. The molecule has 0 spiro atoms. The van der Waals surface area contributed by atoms with Gasteiger partial charge in [0.2, 0.25) is 0 Å². The highest BCUT2D eigenvalue weighted by Gasteiger charge is 2.30. The standard InChI is InChI=1S/C29H23F3N2O5S/c30-29(31,32)21-12-10-18(11-13-21)14-22(33-27(36)25-15-20-8-4-5-9-24(20)40-25)26(35)34-23(28(37)38)17-39-16-19-6-2-1-3-7-19/h1-15,23H,16-17H2,(H,33,36)(H,34,35)(H,37,38)/b22-14+/t23-/m1/s1. The van der Waals surface area contributed by atoms with Crippen LogP contribution >= 0.6 is 11.3 Å². The zero-order valence-electron chi connectivity index (χ0n) is 20.8. The van der Waals surface area contributed by atoms with Gasteiger partial charge in [-0.25, -0.2) is 4.79 Å². The number of alkyl halides is 3. The number of thiophene rings is 1. The first-order chi connectivity index (χ1) is 19.1. The molecule has 0 unspecified atom stereocenters. The van der Waals surface area contributed by atoms with Gasteiger partial charge in [-0.05, 0) is 46.9 Å². The number of carboxylic acids is 1. The van der Waals surface area contributed by atoms with E-state index >= 15 is 0 Å². The van der Waals surface area contributed by atoms with E-state index in [1.807, 2.05) is 30.3 Å². The summed E-state index contributed by atoms with van der Waals surface area (Å²) in [6, 6.07) is 20.4. The first kappa shape index (κ1) is 28.5. The third-order valence-electron chi connectivity index (χ3n) is 5.69. The minimum absolute atomic E-state index is 0.109. The van der Waals surface area contributed by atoms with Crippen molar-refractivity contribution in [2.45, 2.75) is 18.8 Å². The lowest BCUT2D eigenvalue weighted by Crippen LogP contribution is -2.46. The van der Waals surface area contributed by atoms with Gasteiger partial charge in [0.1, 0.15) is 5.70 Å². The van der Waals surface area contributed by atoms with Gasteiger partial charge >= 0.3 is 12.1 Å². The molecule has 0 aliphatic heterocycles. The Balaban J connectivity index is 1.55. The summed E-state index contributed by atoms with van der Waals surface area (Å²) in [5, 5.41) is 15.2. The van der Waals surface area contributed by atoms with Crippen LogP contribution in [-0.4, -0.2) is 35.5 Å². The molecule has 0 saturated carbocycles. The van der Waals surface area contributed by atoms with E-state index in [0.717, 1.165) is 39.9 Å². The van der Waals surface area contributed by atoms with Crippen LogP contribution in [0.15, 0.2) is 90.6 Å². The fourth-order valence-corrected chi connectivity index (χ4v) is 4.61. The maximum absolute atomic E-state index is 13.2. The van der Waals surface area contributed by atoms with Crippen molar-refractivity contribution < 1.29 is 37.4 Å². The Morgan fingerprint density at radius 2 is 1.62 bits per heavy atom. The zero-order valence-corrected chi connectivity index (χ0v) is 21.6. The molecule has 11 heteroatoms. The van der Waals surface area contributed by atoms with Crippen molar-refractivity contribution in [2.24, 2.45) is 0 Å². The van der Waals surface area contributed by atoms with Crippen molar-refractivity contribution >= 4 is 45.3 Å². The molecule has 7 nitrogen and oxygen atoms in total. The first-order valence-corrected chi connectivity index (χ1v) is 12.8. The maximum atomic E-state index is 13.2. The molecule has 0 radical (unpaired) electrons. The SMILES string of the molecule is O=C(N[C@H](COCc1ccccc1)C(=O)O)/C(=C\c1ccc(C(F)(F)F)cc1)NC(=O)c1cc2ccccc2s1. The van der Waals surface area contributed by atoms with E-state index in [1.54, 1.807) is 30.3 Å². The lowest BCUT2D eigenvalue weighted by atomic mass is 10.1. The normalized spacial score (nSPS) is 12.6. The van der Waals surface area contributed by atoms with Crippen LogP contribution in [0.25, 0.3) is 16.2 Å². The van der Waals surface area contributed by atoms with E-state index in [9.17, 15) is 32.7 Å². The average molecular weight is 569 g/mol. The molecular weight excluding hydrogens is 545 g/mol. The molecule has 206 valence electrons. The largest absolute Gasteiger partial charge is 0.480 e. The van der Waals surface area contributed by atoms with E-state index in [-0.39, 0.29) is 29.4 Å². The number of halogens is 3. The summed E-state index contributed by atoms with van der Waals surface area (Å²) in [7, 11) is 0. The molecule has 0 aliphatic carbocycles. The predicted molar refractivity (Wildman–Crippen MR) is 144 cm³/mol. The highest BCUT2D eigenvalue weighted by molar-refractivity contribution is 7.20. The minimum Gasteiger partial charge on any atom is -0.480 e.